The largest absolute Gasteiger partial charge is 0.460 e. The number of hydrogen-bond acceptors (Lipinski definition) is 4. The fraction of sp³-hybridized carbons (Fsp3) is 0.700. The second-order valence-electron chi connectivity index (χ2n) is 2.73. The van der Waals surface area contributed by atoms with Gasteiger partial charge in [-0.15, -0.1) is 0 Å². The van der Waals surface area contributed by atoms with Crippen molar-refractivity contribution in [2.24, 2.45) is 0 Å². The molecule has 82 valence electrons. The second-order valence-corrected chi connectivity index (χ2v) is 2.73. The SMILES string of the molecule is C=C(C)C(=O)OCCOCCOCC. The van der Waals surface area contributed by atoms with Gasteiger partial charge in [-0.05, 0) is 13.8 Å². The number of ether oxygens (including phenoxy) is 3. The van der Waals surface area contributed by atoms with Crippen molar-refractivity contribution < 1.29 is 19.0 Å². The lowest BCUT2D eigenvalue weighted by atomic mass is 10.4. The quantitative estimate of drug-likeness (QED) is 0.336. The Bertz CT molecular complexity index is 177. The number of carbonyl (C=O) groups excluding carboxylic acids is 1. The van der Waals surface area contributed by atoms with Crippen LogP contribution in [0.1, 0.15) is 13.8 Å². The van der Waals surface area contributed by atoms with Crippen LogP contribution in [-0.4, -0.2) is 39.0 Å². The lowest BCUT2D eigenvalue weighted by Gasteiger charge is -2.05. The maximum atomic E-state index is 10.9. The van der Waals surface area contributed by atoms with Crippen LogP contribution in [0, 0.1) is 0 Å². The predicted octanol–water partition coefficient (Wildman–Crippen LogP) is 1.16. The zero-order chi connectivity index (χ0) is 10.8. The Morgan fingerprint density at radius 3 is 2.29 bits per heavy atom. The van der Waals surface area contributed by atoms with Crippen LogP contribution in [0.4, 0.5) is 0 Å². The molecule has 0 saturated heterocycles. The molecule has 0 atom stereocenters. The van der Waals surface area contributed by atoms with E-state index in [2.05, 4.69) is 6.58 Å². The van der Waals surface area contributed by atoms with Gasteiger partial charge in [0, 0.05) is 12.2 Å². The van der Waals surface area contributed by atoms with Crippen molar-refractivity contribution in [3.8, 4) is 0 Å². The van der Waals surface area contributed by atoms with Gasteiger partial charge in [0.1, 0.15) is 6.61 Å². The summed E-state index contributed by atoms with van der Waals surface area (Å²) in [6.45, 7) is 9.44. The van der Waals surface area contributed by atoms with E-state index in [-0.39, 0.29) is 12.6 Å². The molecule has 0 fully saturated rings. The third-order valence-electron chi connectivity index (χ3n) is 1.39. The number of esters is 1. The summed E-state index contributed by atoms with van der Waals surface area (Å²) in [6.07, 6.45) is 0. The van der Waals surface area contributed by atoms with E-state index in [1.54, 1.807) is 6.92 Å². The molecule has 0 aromatic carbocycles. The Hall–Kier alpha value is -0.870. The summed E-state index contributed by atoms with van der Waals surface area (Å²) in [6, 6.07) is 0. The molecule has 0 rings (SSSR count). The highest BCUT2D eigenvalue weighted by molar-refractivity contribution is 5.86. The molecule has 0 aliphatic heterocycles. The third-order valence-corrected chi connectivity index (χ3v) is 1.39. The summed E-state index contributed by atoms with van der Waals surface area (Å²) in [5.74, 6) is -0.376. The van der Waals surface area contributed by atoms with Crippen LogP contribution in [-0.2, 0) is 19.0 Å². The van der Waals surface area contributed by atoms with Gasteiger partial charge in [0.2, 0.25) is 0 Å². The van der Waals surface area contributed by atoms with Gasteiger partial charge in [0.25, 0.3) is 0 Å². The summed E-state index contributed by atoms with van der Waals surface area (Å²) in [5, 5.41) is 0. The molecule has 0 bridgehead atoms. The molecule has 0 aliphatic rings. The van der Waals surface area contributed by atoms with E-state index in [1.165, 1.54) is 0 Å². The minimum atomic E-state index is -0.376. The lowest BCUT2D eigenvalue weighted by Crippen LogP contribution is -2.13. The molecule has 0 aliphatic carbocycles. The fourth-order valence-electron chi connectivity index (χ4n) is 0.681. The van der Waals surface area contributed by atoms with Gasteiger partial charge >= 0.3 is 5.97 Å². The van der Waals surface area contributed by atoms with Gasteiger partial charge in [0.15, 0.2) is 0 Å². The fourth-order valence-corrected chi connectivity index (χ4v) is 0.681. The van der Waals surface area contributed by atoms with Crippen LogP contribution in [0.2, 0.25) is 0 Å². The Labute approximate surface area is 84.8 Å². The maximum Gasteiger partial charge on any atom is 0.333 e. The van der Waals surface area contributed by atoms with Crippen LogP contribution in [0.5, 0.6) is 0 Å². The van der Waals surface area contributed by atoms with Gasteiger partial charge in [-0.25, -0.2) is 4.79 Å². The van der Waals surface area contributed by atoms with E-state index in [9.17, 15) is 4.79 Å². The molecule has 4 heteroatoms. The molecule has 0 unspecified atom stereocenters. The van der Waals surface area contributed by atoms with Crippen molar-refractivity contribution in [2.75, 3.05) is 33.0 Å². The van der Waals surface area contributed by atoms with E-state index >= 15 is 0 Å². The first-order chi connectivity index (χ1) is 6.68. The third kappa shape index (κ3) is 7.76. The molecular weight excluding hydrogens is 184 g/mol. The van der Waals surface area contributed by atoms with Crippen molar-refractivity contribution >= 4 is 5.97 Å². The zero-order valence-corrected chi connectivity index (χ0v) is 8.88. The molecule has 0 aromatic rings. The molecule has 0 N–H and O–H groups in total. The molecule has 0 aromatic heterocycles. The van der Waals surface area contributed by atoms with E-state index in [0.717, 1.165) is 0 Å². The average Bonchev–Trinajstić information content (AvgIpc) is 2.16. The summed E-state index contributed by atoms with van der Waals surface area (Å²) in [5.41, 5.74) is 0.402. The minimum Gasteiger partial charge on any atom is -0.460 e. The van der Waals surface area contributed by atoms with Crippen LogP contribution in [0.15, 0.2) is 12.2 Å². The van der Waals surface area contributed by atoms with E-state index in [0.29, 0.717) is 32.0 Å². The van der Waals surface area contributed by atoms with Crippen molar-refractivity contribution in [1.82, 2.24) is 0 Å². The number of rotatable bonds is 8. The molecule has 0 radical (unpaired) electrons. The van der Waals surface area contributed by atoms with Crippen molar-refractivity contribution in [3.63, 3.8) is 0 Å². The van der Waals surface area contributed by atoms with Crippen molar-refractivity contribution in [2.45, 2.75) is 13.8 Å². The summed E-state index contributed by atoms with van der Waals surface area (Å²) in [7, 11) is 0. The zero-order valence-electron chi connectivity index (χ0n) is 8.88. The summed E-state index contributed by atoms with van der Waals surface area (Å²) in [4.78, 5) is 10.9. The highest BCUT2D eigenvalue weighted by Crippen LogP contribution is 1.91. The Morgan fingerprint density at radius 1 is 1.14 bits per heavy atom. The smallest absolute Gasteiger partial charge is 0.333 e. The Morgan fingerprint density at radius 2 is 1.71 bits per heavy atom. The highest BCUT2D eigenvalue weighted by Gasteiger charge is 2.01. The minimum absolute atomic E-state index is 0.262. The highest BCUT2D eigenvalue weighted by atomic mass is 16.6. The van der Waals surface area contributed by atoms with Gasteiger partial charge < -0.3 is 14.2 Å². The molecule has 0 heterocycles. The first kappa shape index (κ1) is 13.1. The topological polar surface area (TPSA) is 44.8 Å². The molecule has 4 nitrogen and oxygen atoms in total. The predicted molar refractivity (Wildman–Crippen MR) is 53.1 cm³/mol. The maximum absolute atomic E-state index is 10.9. The van der Waals surface area contributed by atoms with Crippen LogP contribution >= 0.6 is 0 Å². The Balaban J connectivity index is 3.13. The summed E-state index contributed by atoms with van der Waals surface area (Å²) >= 11 is 0. The molecule has 0 spiro atoms. The van der Waals surface area contributed by atoms with Crippen LogP contribution < -0.4 is 0 Å². The second kappa shape index (κ2) is 8.72. The van der Waals surface area contributed by atoms with E-state index in [4.69, 9.17) is 14.2 Å². The first-order valence-corrected chi connectivity index (χ1v) is 4.66. The van der Waals surface area contributed by atoms with Crippen LogP contribution in [0.25, 0.3) is 0 Å². The number of carbonyl (C=O) groups is 1. The first-order valence-electron chi connectivity index (χ1n) is 4.66. The van der Waals surface area contributed by atoms with Crippen LogP contribution in [0.3, 0.4) is 0 Å². The van der Waals surface area contributed by atoms with Gasteiger partial charge in [-0.3, -0.25) is 0 Å². The number of hydrogen-bond donors (Lipinski definition) is 0. The standard InChI is InChI=1S/C10H18O4/c1-4-12-5-6-13-7-8-14-10(11)9(2)3/h2,4-8H2,1,3H3. The molecule has 0 saturated carbocycles. The van der Waals surface area contributed by atoms with Gasteiger partial charge in [0.05, 0.1) is 19.8 Å². The molecule has 0 amide bonds. The lowest BCUT2D eigenvalue weighted by molar-refractivity contribution is -0.140. The average molecular weight is 202 g/mol. The van der Waals surface area contributed by atoms with Crippen molar-refractivity contribution in [1.29, 1.82) is 0 Å². The van der Waals surface area contributed by atoms with E-state index < -0.39 is 0 Å². The normalized spacial score (nSPS) is 9.86. The van der Waals surface area contributed by atoms with Gasteiger partial charge in [-0.1, -0.05) is 6.58 Å². The Kier molecular flexibility index (Phi) is 8.17. The summed E-state index contributed by atoms with van der Waals surface area (Å²) < 4.78 is 15.0. The molecular formula is C10H18O4. The van der Waals surface area contributed by atoms with Crippen molar-refractivity contribution in [3.05, 3.63) is 12.2 Å². The van der Waals surface area contributed by atoms with Gasteiger partial charge in [-0.2, -0.15) is 0 Å². The molecule has 14 heavy (non-hydrogen) atoms. The monoisotopic (exact) mass is 202 g/mol. The van der Waals surface area contributed by atoms with E-state index in [1.807, 2.05) is 6.92 Å².